The fraction of sp³-hybridized carbons (Fsp3) is 0.583. The molecule has 6 amide bonds. The van der Waals surface area contributed by atoms with E-state index in [1.165, 1.54) is 84.0 Å². The number of hydrogen-bond acceptors (Lipinski definition) is 23. The fourth-order valence-electron chi connectivity index (χ4n) is 9.25. The molecule has 0 aliphatic heterocycles. The molecule has 6 atom stereocenters. The molecule has 113 heavy (non-hydrogen) atoms. The lowest BCUT2D eigenvalue weighted by Crippen LogP contribution is -2.51. The molecule has 1 aliphatic rings. The molecule has 2 aromatic carbocycles. The van der Waals surface area contributed by atoms with E-state index < -0.39 is 181 Å². The summed E-state index contributed by atoms with van der Waals surface area (Å²) in [4.78, 5) is 194. The topological polar surface area (TPSA) is 690 Å². The van der Waals surface area contributed by atoms with E-state index >= 15 is 0 Å². The summed E-state index contributed by atoms with van der Waals surface area (Å²) >= 11 is 0. The van der Waals surface area contributed by atoms with Crippen molar-refractivity contribution in [2.24, 2.45) is 11.8 Å². The summed E-state index contributed by atoms with van der Waals surface area (Å²) in [7, 11) is 0. The van der Waals surface area contributed by atoms with Gasteiger partial charge in [-0.25, -0.2) is 33.6 Å². The smallest absolute Gasteiger partial charge is 0.408 e. The second kappa shape index (κ2) is 61.0. The minimum atomic E-state index is -3.67. The van der Waals surface area contributed by atoms with Gasteiger partial charge < -0.3 is 118 Å². The number of unbranched alkanes of at least 4 members (excludes halogenated alkanes) is 15. The summed E-state index contributed by atoms with van der Waals surface area (Å²) in [6, 6.07) is 12.3. The number of benzene rings is 2. The van der Waals surface area contributed by atoms with Gasteiger partial charge in [-0.3, -0.25) is 52.7 Å². The number of alkyl carbamates (subject to hydrolysis) is 3. The molecule has 20 N–H and O–H groups in total. The van der Waals surface area contributed by atoms with E-state index in [4.69, 9.17) is 85.7 Å². The van der Waals surface area contributed by atoms with Gasteiger partial charge >= 0.3 is 95.7 Å². The summed E-state index contributed by atoms with van der Waals surface area (Å²) in [5.74, 6) is -22.6. The molecule has 2 unspecified atom stereocenters. The average Bonchev–Trinajstić information content (AvgIpc) is 0.884. The number of ether oxygens (including phenoxy) is 3. The SMILES string of the molecule is CC(C)(C)OC(=O)NCC(=O)N[C@@H](CC(=O)O)C(=O)O.C[C@H](NC(=O)OCc1ccccc1)C(=O)N[C@@H](CC(=O)O)C(=O)O.O=C(O)C(O)(O)C(=O)O.O=C(O)C1CCCC(C(=O)O)C1.O=C(O)CCCCCCCCCCCCCCCCCCC(=O)O.O=C(O)CC[C@H](NC(=O)OCc1ccccc1)C(=O)NCC(=O)O. The van der Waals surface area contributed by atoms with Crippen molar-refractivity contribution in [3.8, 4) is 0 Å². The van der Waals surface area contributed by atoms with Crippen molar-refractivity contribution in [3.05, 3.63) is 71.8 Å². The van der Waals surface area contributed by atoms with Gasteiger partial charge in [0.15, 0.2) is 0 Å². The number of nitrogens with one attached hydrogen (secondary N) is 6. The van der Waals surface area contributed by atoms with Crippen LogP contribution >= 0.6 is 0 Å². The number of carbonyl (C=O) groups is 18. The summed E-state index contributed by atoms with van der Waals surface area (Å²) < 4.78 is 14.7. The highest BCUT2D eigenvalue weighted by molar-refractivity contribution is 5.99. The van der Waals surface area contributed by atoms with Gasteiger partial charge in [0.05, 0.1) is 24.7 Å². The first-order valence-corrected chi connectivity index (χ1v) is 35.7. The molecule has 1 aliphatic carbocycles. The Morgan fingerprint density at radius 3 is 1.09 bits per heavy atom. The number of rotatable bonds is 46. The largest absolute Gasteiger partial charge is 0.481 e. The maximum Gasteiger partial charge on any atom is 0.408 e. The van der Waals surface area contributed by atoms with Crippen LogP contribution in [0.3, 0.4) is 0 Å². The molecule has 0 radical (unpaired) electrons. The third-order valence-corrected chi connectivity index (χ3v) is 15.1. The Morgan fingerprint density at radius 1 is 0.407 bits per heavy atom. The molecule has 2 aromatic rings. The van der Waals surface area contributed by atoms with Crippen LogP contribution < -0.4 is 31.9 Å². The molecule has 1 fully saturated rings. The van der Waals surface area contributed by atoms with Crippen molar-refractivity contribution in [1.29, 1.82) is 0 Å². The highest BCUT2D eigenvalue weighted by Crippen LogP contribution is 2.29. The van der Waals surface area contributed by atoms with Crippen LogP contribution in [0, 0.1) is 11.8 Å². The Morgan fingerprint density at radius 2 is 0.770 bits per heavy atom. The van der Waals surface area contributed by atoms with E-state index in [1.54, 1.807) is 75.4 Å². The molecule has 41 nitrogen and oxygen atoms in total. The van der Waals surface area contributed by atoms with Gasteiger partial charge in [0.25, 0.3) is 0 Å². The third-order valence-electron chi connectivity index (χ3n) is 15.1. The molecule has 0 spiro atoms. The number of carboxylic acid groups (broad SMARTS) is 12. The number of amides is 6. The minimum Gasteiger partial charge on any atom is -0.481 e. The quantitative estimate of drug-likeness (QED) is 0.0175. The molecule has 1 saturated carbocycles. The maximum atomic E-state index is 11.8. The lowest BCUT2D eigenvalue weighted by atomic mass is 9.81. The third kappa shape index (κ3) is 61.7. The number of hydrogen-bond donors (Lipinski definition) is 20. The predicted octanol–water partition coefficient (Wildman–Crippen LogP) is 5.22. The number of aliphatic carboxylic acids is 12. The van der Waals surface area contributed by atoms with Crippen LogP contribution in [-0.4, -0.2) is 228 Å². The zero-order valence-corrected chi connectivity index (χ0v) is 63.3. The van der Waals surface area contributed by atoms with Gasteiger partial charge in [0.2, 0.25) is 17.7 Å². The van der Waals surface area contributed by atoms with Crippen molar-refractivity contribution < 1.29 is 172 Å². The van der Waals surface area contributed by atoms with E-state index in [0.717, 1.165) is 36.8 Å². The first-order chi connectivity index (χ1) is 52.8. The normalized spacial score (nSPS) is 13.5. The molecule has 0 heterocycles. The molecular weight excluding hydrogens is 1510 g/mol. The summed E-state index contributed by atoms with van der Waals surface area (Å²) in [6.07, 6.45) is 17.5. The zero-order valence-electron chi connectivity index (χ0n) is 63.3. The van der Waals surface area contributed by atoms with Gasteiger partial charge in [-0.15, -0.1) is 0 Å². The van der Waals surface area contributed by atoms with E-state index in [2.05, 4.69) is 21.3 Å². The molecule has 636 valence electrons. The minimum absolute atomic E-state index is 0.0117. The van der Waals surface area contributed by atoms with E-state index in [0.29, 0.717) is 38.5 Å². The predicted molar refractivity (Wildman–Crippen MR) is 390 cm³/mol. The first kappa shape index (κ1) is 105. The maximum absolute atomic E-state index is 11.8. The molecular formula is C72H108N6O35. The first-order valence-electron chi connectivity index (χ1n) is 35.7. The second-order valence-electron chi connectivity index (χ2n) is 26.1. The van der Waals surface area contributed by atoms with Gasteiger partial charge in [-0.2, -0.15) is 0 Å². The molecule has 0 aromatic heterocycles. The van der Waals surface area contributed by atoms with Crippen molar-refractivity contribution in [1.82, 2.24) is 31.9 Å². The summed E-state index contributed by atoms with van der Waals surface area (Å²) in [6.45, 7) is 5.08. The van der Waals surface area contributed by atoms with Crippen LogP contribution in [0.2, 0.25) is 0 Å². The van der Waals surface area contributed by atoms with Crippen LogP contribution in [0.25, 0.3) is 0 Å². The Kier molecular flexibility index (Phi) is 56.9. The number of carbonyl (C=O) groups excluding carboxylic acids is 6. The van der Waals surface area contributed by atoms with Crippen molar-refractivity contribution >= 4 is 108 Å². The average molecular weight is 1620 g/mol. The van der Waals surface area contributed by atoms with Crippen molar-refractivity contribution in [2.45, 2.75) is 243 Å². The standard InChI is InChI=1S/C20H38O4.2C15H18N2O7.C11H18N2O7.C8H12O4.C3H4O6/c21-19(22)17-15-13-11-9-7-5-3-1-2-4-6-8-10-12-14-16-18-20(23)24;1-9(13(20)17-11(14(21)22)7-12(18)19)16-15(23)24-8-10-5-3-2-4-6-10;18-12(19)7-6-11(14(22)16-8-13(20)21)17-15(23)24-9-10-4-2-1-3-5-10;1-11(2,3)20-10(19)12-5-7(14)13-6(9(17)18)4-8(15)16;9-7(10)5-2-1-3-6(4-5)8(11)12;4-1(5)3(8,9)2(6)7/h1-18H2,(H,21,22)(H,23,24);2-6,9,11H,7-8H2,1H3,(H,16,23)(H,17,20)(H,18,19)(H,21,22);1-5,11H,6-9H2,(H,16,22)(H,17,23)(H,18,19)(H,20,21);6H,4-5H2,1-3H3,(H,12,19)(H,13,14)(H,15,16)(H,17,18);5-6H,1-4H2,(H,9,10)(H,11,12);8-9H,(H,4,5)(H,6,7)/t;9-,11-;11-;6-;;/m.000../s1. The Bertz CT molecular complexity index is 3240. The van der Waals surface area contributed by atoms with Crippen molar-refractivity contribution in [3.63, 3.8) is 0 Å². The van der Waals surface area contributed by atoms with E-state index in [1.807, 2.05) is 16.7 Å². The van der Waals surface area contributed by atoms with Gasteiger partial charge in [-0.05, 0) is 77.3 Å². The Hall–Kier alpha value is -11.8. The number of aliphatic hydroxyl groups is 2. The van der Waals surface area contributed by atoms with Gasteiger partial charge in [0, 0.05) is 19.3 Å². The summed E-state index contributed by atoms with van der Waals surface area (Å²) in [5.41, 5.74) is 0.773. The lowest BCUT2D eigenvalue weighted by Gasteiger charge is -2.23. The molecule has 0 bridgehead atoms. The lowest BCUT2D eigenvalue weighted by molar-refractivity contribution is -0.216. The van der Waals surface area contributed by atoms with Gasteiger partial charge in [-0.1, -0.05) is 157 Å². The monoisotopic (exact) mass is 1620 g/mol. The highest BCUT2D eigenvalue weighted by Gasteiger charge is 2.42. The Balaban J connectivity index is -0.00000132. The van der Waals surface area contributed by atoms with Crippen LogP contribution in [0.5, 0.6) is 0 Å². The van der Waals surface area contributed by atoms with Crippen molar-refractivity contribution in [2.75, 3.05) is 13.1 Å². The molecule has 3 rings (SSSR count). The second-order valence-corrected chi connectivity index (χ2v) is 26.1. The highest BCUT2D eigenvalue weighted by atomic mass is 16.6. The zero-order chi connectivity index (χ0) is 86.7. The van der Waals surface area contributed by atoms with Crippen LogP contribution in [0.1, 0.15) is 206 Å². The van der Waals surface area contributed by atoms with Crippen LogP contribution in [0.15, 0.2) is 60.7 Å². The summed E-state index contributed by atoms with van der Waals surface area (Å²) in [5, 5.41) is 130. The van der Waals surface area contributed by atoms with Crippen LogP contribution in [0.4, 0.5) is 14.4 Å². The molecule has 41 heteroatoms. The van der Waals surface area contributed by atoms with E-state index in [-0.39, 0.29) is 26.1 Å². The molecule has 0 saturated heterocycles. The van der Waals surface area contributed by atoms with E-state index in [9.17, 15) is 86.3 Å². The van der Waals surface area contributed by atoms with Gasteiger partial charge in [0.1, 0.15) is 56.1 Å². The number of carboxylic acids is 12. The Labute approximate surface area is 649 Å². The van der Waals surface area contributed by atoms with Crippen LogP contribution in [-0.2, 0) is 99.3 Å². The fourth-order valence-corrected chi connectivity index (χ4v) is 9.25.